The van der Waals surface area contributed by atoms with Crippen LogP contribution in [0.5, 0.6) is 0 Å². The van der Waals surface area contributed by atoms with E-state index in [0.717, 1.165) is 9.28 Å². The summed E-state index contributed by atoms with van der Waals surface area (Å²) in [6.45, 7) is 6.06. The van der Waals surface area contributed by atoms with Gasteiger partial charge in [0.25, 0.3) is 0 Å². The summed E-state index contributed by atoms with van der Waals surface area (Å²) in [6, 6.07) is 2.26. The zero-order valence-electron chi connectivity index (χ0n) is 11.1. The van der Waals surface area contributed by atoms with Crippen LogP contribution in [0.1, 0.15) is 59.3 Å². The summed E-state index contributed by atoms with van der Waals surface area (Å²) >= 11 is 8.50. The molecule has 0 spiro atoms. The van der Waals surface area contributed by atoms with Gasteiger partial charge in [0.2, 0.25) is 0 Å². The van der Waals surface area contributed by atoms with Crippen LogP contribution in [0.3, 0.4) is 0 Å². The molecule has 0 radical (unpaired) electrons. The van der Waals surface area contributed by atoms with Gasteiger partial charge in [-0.3, -0.25) is 0 Å². The molecule has 0 saturated carbocycles. The van der Waals surface area contributed by atoms with E-state index in [1.54, 1.807) is 11.8 Å². The number of thiocarbonyl (C=S) groups is 1. The molecule has 0 fully saturated rings. The second-order valence-electron chi connectivity index (χ2n) is 4.59. The molecule has 0 aromatic rings. The van der Waals surface area contributed by atoms with Gasteiger partial charge in [0.1, 0.15) is 8.28 Å². The third-order valence-electron chi connectivity index (χ3n) is 2.33. The van der Waals surface area contributed by atoms with Crippen molar-refractivity contribution in [1.82, 2.24) is 0 Å². The molecular formula is C13H23NS3. The van der Waals surface area contributed by atoms with Crippen molar-refractivity contribution in [2.75, 3.05) is 5.75 Å². The molecule has 0 bridgehead atoms. The Morgan fingerprint density at radius 3 is 2.35 bits per heavy atom. The zero-order valence-corrected chi connectivity index (χ0v) is 13.6. The fourth-order valence-corrected chi connectivity index (χ4v) is 4.26. The molecule has 98 valence electrons. The van der Waals surface area contributed by atoms with E-state index in [1.807, 2.05) is 13.8 Å². The summed E-state index contributed by atoms with van der Waals surface area (Å²) in [5.41, 5.74) is 0. The average molecular weight is 290 g/mol. The number of thioether (sulfide) groups is 2. The van der Waals surface area contributed by atoms with Crippen LogP contribution in [0.15, 0.2) is 0 Å². The predicted molar refractivity (Wildman–Crippen MR) is 85.7 cm³/mol. The second-order valence-corrected chi connectivity index (χ2v) is 8.51. The molecule has 1 nitrogen and oxygen atoms in total. The van der Waals surface area contributed by atoms with Gasteiger partial charge >= 0.3 is 0 Å². The number of nitriles is 1. The maximum Gasteiger partial charge on any atom is 0.105 e. The first kappa shape index (κ1) is 17.3. The lowest BCUT2D eigenvalue weighted by Gasteiger charge is -2.14. The Balaban J connectivity index is 3.44. The van der Waals surface area contributed by atoms with Crippen LogP contribution in [0.2, 0.25) is 0 Å². The van der Waals surface area contributed by atoms with E-state index in [1.165, 1.54) is 50.3 Å². The minimum atomic E-state index is -0.384. The molecule has 17 heavy (non-hydrogen) atoms. The number of hydrogen-bond acceptors (Lipinski definition) is 4. The second kappa shape index (κ2) is 10.2. The SMILES string of the molecule is CCCCCCCCSC(=S)SC(C)(C)C#N. The molecule has 0 atom stereocenters. The van der Waals surface area contributed by atoms with Crippen LogP contribution in [0, 0.1) is 11.3 Å². The van der Waals surface area contributed by atoms with E-state index in [4.69, 9.17) is 17.5 Å². The van der Waals surface area contributed by atoms with Crippen LogP contribution in [-0.2, 0) is 0 Å². The lowest BCUT2D eigenvalue weighted by Crippen LogP contribution is -2.12. The Bertz CT molecular complexity index is 256. The number of rotatable bonds is 8. The maximum atomic E-state index is 8.90. The van der Waals surface area contributed by atoms with Crippen LogP contribution < -0.4 is 0 Å². The highest BCUT2D eigenvalue weighted by molar-refractivity contribution is 8.47. The van der Waals surface area contributed by atoms with Crippen molar-refractivity contribution in [3.05, 3.63) is 0 Å². The van der Waals surface area contributed by atoms with Gasteiger partial charge in [0.15, 0.2) is 0 Å². The highest BCUT2D eigenvalue weighted by atomic mass is 32.2. The maximum absolute atomic E-state index is 8.90. The molecule has 0 unspecified atom stereocenters. The Morgan fingerprint density at radius 2 is 1.76 bits per heavy atom. The molecule has 0 aliphatic rings. The van der Waals surface area contributed by atoms with E-state index in [-0.39, 0.29) is 4.75 Å². The Hall–Kier alpha value is 0.280. The largest absolute Gasteiger partial charge is 0.197 e. The molecule has 0 saturated heterocycles. The molecule has 4 heteroatoms. The van der Waals surface area contributed by atoms with Crippen LogP contribution in [0.4, 0.5) is 0 Å². The van der Waals surface area contributed by atoms with E-state index in [0.29, 0.717) is 0 Å². The van der Waals surface area contributed by atoms with Crippen molar-refractivity contribution in [3.8, 4) is 6.07 Å². The minimum absolute atomic E-state index is 0.384. The van der Waals surface area contributed by atoms with E-state index in [9.17, 15) is 0 Å². The predicted octanol–water partition coefficient (Wildman–Crippen LogP) is 5.40. The third-order valence-corrected chi connectivity index (χ3v) is 5.03. The first-order valence-corrected chi connectivity index (χ1v) is 8.50. The Kier molecular flexibility index (Phi) is 10.4. The van der Waals surface area contributed by atoms with Crippen LogP contribution in [-0.4, -0.2) is 14.0 Å². The van der Waals surface area contributed by atoms with E-state index < -0.39 is 0 Å². The third kappa shape index (κ3) is 11.1. The molecule has 0 aliphatic heterocycles. The number of hydrogen-bond donors (Lipinski definition) is 0. The van der Waals surface area contributed by atoms with Crippen molar-refractivity contribution in [2.24, 2.45) is 0 Å². The fraction of sp³-hybridized carbons (Fsp3) is 0.846. The van der Waals surface area contributed by atoms with Gasteiger partial charge in [-0.05, 0) is 26.0 Å². The van der Waals surface area contributed by atoms with Gasteiger partial charge in [-0.2, -0.15) is 5.26 Å². The zero-order chi connectivity index (χ0) is 13.1. The molecule has 0 aromatic carbocycles. The van der Waals surface area contributed by atoms with Gasteiger partial charge in [-0.25, -0.2) is 0 Å². The standard InChI is InChI=1S/C13H23NS3/c1-4-5-6-7-8-9-10-16-12(15)17-13(2,3)11-14/h4-10H2,1-3H3. The summed E-state index contributed by atoms with van der Waals surface area (Å²) in [5, 5.41) is 8.90. The Labute approximate surface area is 120 Å². The molecule has 0 rings (SSSR count). The van der Waals surface area contributed by atoms with Gasteiger partial charge in [0, 0.05) is 0 Å². The summed E-state index contributed by atoms with van der Waals surface area (Å²) < 4.78 is 0.524. The van der Waals surface area contributed by atoms with Crippen molar-refractivity contribution in [3.63, 3.8) is 0 Å². The fourth-order valence-electron chi connectivity index (χ4n) is 1.30. The van der Waals surface area contributed by atoms with Crippen molar-refractivity contribution < 1.29 is 0 Å². The first-order chi connectivity index (χ1) is 8.02. The summed E-state index contributed by atoms with van der Waals surface area (Å²) in [4.78, 5) is 0. The number of nitrogens with zero attached hydrogens (tertiary/aromatic N) is 1. The topological polar surface area (TPSA) is 23.8 Å². The smallest absolute Gasteiger partial charge is 0.105 e. The summed E-state index contributed by atoms with van der Waals surface area (Å²) in [6.07, 6.45) is 7.92. The van der Waals surface area contributed by atoms with Crippen molar-refractivity contribution >= 4 is 39.3 Å². The van der Waals surface area contributed by atoms with Crippen LogP contribution >= 0.6 is 35.7 Å². The van der Waals surface area contributed by atoms with Gasteiger partial charge in [0.05, 0.1) is 6.07 Å². The van der Waals surface area contributed by atoms with Crippen molar-refractivity contribution in [2.45, 2.75) is 64.0 Å². The van der Waals surface area contributed by atoms with Crippen molar-refractivity contribution in [1.29, 1.82) is 5.26 Å². The molecule has 0 aromatic heterocycles. The highest BCUT2D eigenvalue weighted by Gasteiger charge is 2.19. The van der Waals surface area contributed by atoms with Gasteiger partial charge in [-0.1, -0.05) is 63.0 Å². The molecular weight excluding hydrogens is 266 g/mol. The quantitative estimate of drug-likeness (QED) is 0.441. The lowest BCUT2D eigenvalue weighted by atomic mass is 10.1. The van der Waals surface area contributed by atoms with E-state index in [2.05, 4.69) is 13.0 Å². The Morgan fingerprint density at radius 1 is 1.18 bits per heavy atom. The summed E-state index contributed by atoms with van der Waals surface area (Å²) in [5.74, 6) is 1.10. The average Bonchev–Trinajstić information content (AvgIpc) is 2.27. The highest BCUT2D eigenvalue weighted by Crippen LogP contribution is 2.30. The minimum Gasteiger partial charge on any atom is -0.197 e. The number of unbranched alkanes of at least 4 members (excludes halogenated alkanes) is 5. The molecule has 0 aliphatic carbocycles. The molecule has 0 heterocycles. The molecule has 0 N–H and O–H groups in total. The molecule has 0 amide bonds. The van der Waals surface area contributed by atoms with E-state index >= 15 is 0 Å². The first-order valence-electron chi connectivity index (χ1n) is 6.29. The van der Waals surface area contributed by atoms with Crippen LogP contribution in [0.25, 0.3) is 0 Å². The monoisotopic (exact) mass is 289 g/mol. The van der Waals surface area contributed by atoms with Gasteiger partial charge in [-0.15, -0.1) is 11.8 Å². The van der Waals surface area contributed by atoms with Gasteiger partial charge < -0.3 is 0 Å². The lowest BCUT2D eigenvalue weighted by molar-refractivity contribution is 0.627. The normalized spacial score (nSPS) is 11.2. The summed E-state index contributed by atoms with van der Waals surface area (Å²) in [7, 11) is 0.